The number of ether oxygens (including phenoxy) is 2. The molecule has 1 amide bonds. The normalized spacial score (nSPS) is 15.2. The van der Waals surface area contributed by atoms with Gasteiger partial charge in [-0.1, -0.05) is 0 Å². The third-order valence-corrected chi connectivity index (χ3v) is 7.60. The number of hydrogen-bond acceptors (Lipinski definition) is 8. The van der Waals surface area contributed by atoms with Gasteiger partial charge in [-0.05, 0) is 36.6 Å². The number of amides is 1. The van der Waals surface area contributed by atoms with E-state index in [0.29, 0.717) is 29.3 Å². The van der Waals surface area contributed by atoms with Crippen molar-refractivity contribution in [1.82, 2.24) is 14.0 Å². The molecule has 0 atom stereocenters. The number of methoxy groups -OCH3 is 1. The van der Waals surface area contributed by atoms with Gasteiger partial charge in [0.1, 0.15) is 16.4 Å². The van der Waals surface area contributed by atoms with Crippen molar-refractivity contribution in [3.8, 4) is 5.75 Å². The Kier molecular flexibility index (Phi) is 5.79. The van der Waals surface area contributed by atoms with Gasteiger partial charge in [-0.25, -0.2) is 18.1 Å². The van der Waals surface area contributed by atoms with Crippen molar-refractivity contribution in [2.75, 3.05) is 38.8 Å². The summed E-state index contributed by atoms with van der Waals surface area (Å²) in [6.07, 6.45) is 0. The number of nitrogens with one attached hydrogen (secondary N) is 1. The maximum absolute atomic E-state index is 13.0. The van der Waals surface area contributed by atoms with Crippen LogP contribution in [0.2, 0.25) is 0 Å². The summed E-state index contributed by atoms with van der Waals surface area (Å²) in [5.41, 5.74) is 2.07. The zero-order valence-corrected chi connectivity index (χ0v) is 18.5. The van der Waals surface area contributed by atoms with Crippen LogP contribution in [-0.2, 0) is 14.8 Å². The maximum atomic E-state index is 13.0. The van der Waals surface area contributed by atoms with E-state index >= 15 is 0 Å². The van der Waals surface area contributed by atoms with Crippen molar-refractivity contribution in [3.05, 3.63) is 51.4 Å². The van der Waals surface area contributed by atoms with Gasteiger partial charge in [0.25, 0.3) is 11.5 Å². The molecule has 0 saturated carbocycles. The molecule has 1 aromatic carbocycles. The highest BCUT2D eigenvalue weighted by Crippen LogP contribution is 2.25. The molecular weight excluding hydrogens is 444 g/mol. The lowest BCUT2D eigenvalue weighted by Crippen LogP contribution is -2.40. The van der Waals surface area contributed by atoms with Crippen LogP contribution in [-0.4, -0.2) is 61.7 Å². The molecule has 2 aromatic heterocycles. The Balaban J connectivity index is 1.71. The van der Waals surface area contributed by atoms with Crippen molar-refractivity contribution < 1.29 is 22.7 Å². The van der Waals surface area contributed by atoms with Crippen molar-refractivity contribution in [1.29, 1.82) is 0 Å². The van der Waals surface area contributed by atoms with E-state index in [1.807, 2.05) is 0 Å². The van der Waals surface area contributed by atoms with Gasteiger partial charge in [-0.15, -0.1) is 11.3 Å². The number of sulfonamides is 1. The first-order chi connectivity index (χ1) is 14.8. The summed E-state index contributed by atoms with van der Waals surface area (Å²) in [5, 5.41) is 2.12. The number of aryl methyl sites for hydroxylation is 1. The van der Waals surface area contributed by atoms with Crippen LogP contribution < -0.4 is 15.7 Å². The van der Waals surface area contributed by atoms with Gasteiger partial charge in [0.15, 0.2) is 0 Å². The van der Waals surface area contributed by atoms with Crippen LogP contribution in [0.25, 0.3) is 10.2 Å². The minimum atomic E-state index is -3.82. The number of carbonyl (C=O) groups is 1. The molecule has 1 fully saturated rings. The highest BCUT2D eigenvalue weighted by atomic mass is 32.2. The number of hydrogen-bond donors (Lipinski definition) is 1. The molecule has 31 heavy (non-hydrogen) atoms. The highest BCUT2D eigenvalue weighted by molar-refractivity contribution is 7.89. The van der Waals surface area contributed by atoms with Crippen molar-refractivity contribution in [2.24, 2.45) is 0 Å². The number of thiophene rings is 1. The minimum absolute atomic E-state index is 0.0199. The average Bonchev–Trinajstić information content (AvgIpc) is 3.25. The number of fused-ring (bicyclic) bond motifs is 1. The van der Waals surface area contributed by atoms with E-state index in [9.17, 15) is 18.0 Å². The fourth-order valence-electron chi connectivity index (χ4n) is 3.27. The van der Waals surface area contributed by atoms with Crippen LogP contribution in [0.3, 0.4) is 0 Å². The summed E-state index contributed by atoms with van der Waals surface area (Å²) in [5.74, 6) is -0.226. The third-order valence-electron chi connectivity index (χ3n) is 4.90. The molecule has 3 heterocycles. The van der Waals surface area contributed by atoms with E-state index in [1.165, 1.54) is 41.0 Å². The van der Waals surface area contributed by atoms with E-state index < -0.39 is 21.5 Å². The Hall–Kier alpha value is -2.80. The van der Waals surface area contributed by atoms with E-state index in [0.717, 1.165) is 4.68 Å². The summed E-state index contributed by atoms with van der Waals surface area (Å²) in [7, 11) is -2.44. The SMILES string of the molecule is COc1ccc(S(=O)(=O)N2CCOCC2)cc1C(=O)Nn1c(C)nc2sccc2c1=O. The summed E-state index contributed by atoms with van der Waals surface area (Å²) in [4.78, 5) is 30.6. The monoisotopic (exact) mass is 464 g/mol. The minimum Gasteiger partial charge on any atom is -0.496 e. The zero-order chi connectivity index (χ0) is 22.2. The molecule has 3 aromatic rings. The van der Waals surface area contributed by atoms with Crippen LogP contribution in [0.1, 0.15) is 16.2 Å². The summed E-state index contributed by atoms with van der Waals surface area (Å²) in [6.45, 7) is 2.68. The molecule has 1 N–H and O–H groups in total. The zero-order valence-electron chi connectivity index (χ0n) is 16.8. The van der Waals surface area contributed by atoms with Crippen LogP contribution in [0.15, 0.2) is 39.3 Å². The Labute approximate surface area is 182 Å². The van der Waals surface area contributed by atoms with Gasteiger partial charge in [0.2, 0.25) is 10.0 Å². The molecule has 1 aliphatic rings. The predicted octanol–water partition coefficient (Wildman–Crippen LogP) is 1.18. The van der Waals surface area contributed by atoms with E-state index in [4.69, 9.17) is 9.47 Å². The second kappa shape index (κ2) is 8.38. The van der Waals surface area contributed by atoms with Crippen LogP contribution in [0, 0.1) is 6.92 Å². The smallest absolute Gasteiger partial charge is 0.281 e. The molecule has 1 aliphatic heterocycles. The lowest BCUT2D eigenvalue weighted by atomic mass is 10.2. The Morgan fingerprint density at radius 2 is 2.00 bits per heavy atom. The molecule has 12 heteroatoms. The number of nitrogens with zero attached hydrogens (tertiary/aromatic N) is 3. The number of aromatic nitrogens is 2. The van der Waals surface area contributed by atoms with Crippen molar-refractivity contribution in [3.63, 3.8) is 0 Å². The summed E-state index contributed by atoms with van der Waals surface area (Å²) >= 11 is 1.33. The van der Waals surface area contributed by atoms with Gasteiger partial charge in [0.05, 0.1) is 36.2 Å². The second-order valence-corrected chi connectivity index (χ2v) is 9.59. The maximum Gasteiger partial charge on any atom is 0.281 e. The van der Waals surface area contributed by atoms with E-state index in [2.05, 4.69) is 10.4 Å². The number of rotatable bonds is 5. The lowest BCUT2D eigenvalue weighted by molar-refractivity contribution is 0.0730. The second-order valence-electron chi connectivity index (χ2n) is 6.76. The molecule has 0 radical (unpaired) electrons. The largest absolute Gasteiger partial charge is 0.496 e. The molecule has 0 spiro atoms. The van der Waals surface area contributed by atoms with Gasteiger partial charge < -0.3 is 9.47 Å². The quantitative estimate of drug-likeness (QED) is 0.602. The van der Waals surface area contributed by atoms with Gasteiger partial charge in [-0.2, -0.15) is 4.31 Å². The molecule has 4 rings (SSSR count). The average molecular weight is 465 g/mol. The first-order valence-corrected chi connectivity index (χ1v) is 11.7. The number of morpholine rings is 1. The van der Waals surface area contributed by atoms with Crippen LogP contribution in [0.5, 0.6) is 5.75 Å². The molecule has 1 saturated heterocycles. The predicted molar refractivity (Wildman–Crippen MR) is 115 cm³/mol. The van der Waals surface area contributed by atoms with Gasteiger partial charge in [0, 0.05) is 13.1 Å². The molecule has 0 bridgehead atoms. The lowest BCUT2D eigenvalue weighted by Gasteiger charge is -2.26. The standard InChI is InChI=1S/C19H20N4O6S2/c1-12-20-18-14(5-10-30-18)19(25)23(12)21-17(24)15-11-13(3-4-16(15)28-2)31(26,27)22-6-8-29-9-7-22/h3-5,10-11H,6-9H2,1-2H3,(H,21,24). The highest BCUT2D eigenvalue weighted by Gasteiger charge is 2.28. The summed E-state index contributed by atoms with van der Waals surface area (Å²) < 4.78 is 38.8. The van der Waals surface area contributed by atoms with Crippen molar-refractivity contribution >= 4 is 37.5 Å². The number of carbonyl (C=O) groups excluding carboxylic acids is 1. The molecule has 10 nitrogen and oxygen atoms in total. The topological polar surface area (TPSA) is 120 Å². The molecular formula is C19H20N4O6S2. The Morgan fingerprint density at radius 3 is 2.71 bits per heavy atom. The Morgan fingerprint density at radius 1 is 1.26 bits per heavy atom. The molecule has 164 valence electrons. The fourth-order valence-corrected chi connectivity index (χ4v) is 5.50. The van der Waals surface area contributed by atoms with Gasteiger partial charge >= 0.3 is 0 Å². The van der Waals surface area contributed by atoms with Gasteiger partial charge in [-0.3, -0.25) is 15.0 Å². The van der Waals surface area contributed by atoms with E-state index in [1.54, 1.807) is 18.4 Å². The van der Waals surface area contributed by atoms with E-state index in [-0.39, 0.29) is 29.3 Å². The van der Waals surface area contributed by atoms with Crippen molar-refractivity contribution in [2.45, 2.75) is 11.8 Å². The first-order valence-electron chi connectivity index (χ1n) is 9.37. The Bertz CT molecular complexity index is 1310. The third kappa shape index (κ3) is 3.94. The van der Waals surface area contributed by atoms with Crippen LogP contribution >= 0.6 is 11.3 Å². The summed E-state index contributed by atoms with van der Waals surface area (Å²) in [6, 6.07) is 5.68. The van der Waals surface area contributed by atoms with Crippen LogP contribution in [0.4, 0.5) is 0 Å². The molecule has 0 aliphatic carbocycles. The molecule has 0 unspecified atom stereocenters. The fraction of sp³-hybridized carbons (Fsp3) is 0.316. The number of benzene rings is 1. The first kappa shape index (κ1) is 21.4.